The average molecular weight is 287 g/mol. The standard InChI is InChI=1S/C18H29N3/c1-14(2)19-11-15-7-8-18(20-12-15)21-10-9-16-5-3-4-6-17(16)13-21/h7-8,12,14,16-17,19H,3-6,9-11,13H2,1-2H3. The zero-order chi connectivity index (χ0) is 14.7. The minimum absolute atomic E-state index is 0.523. The molecule has 0 aromatic carbocycles. The normalized spacial score (nSPS) is 26.0. The van der Waals surface area contributed by atoms with Gasteiger partial charge in [0.25, 0.3) is 0 Å². The van der Waals surface area contributed by atoms with E-state index in [0.717, 1.165) is 18.4 Å². The van der Waals surface area contributed by atoms with Crippen molar-refractivity contribution in [3.63, 3.8) is 0 Å². The number of anilines is 1. The van der Waals surface area contributed by atoms with Crippen molar-refractivity contribution in [3.05, 3.63) is 23.9 Å². The van der Waals surface area contributed by atoms with Gasteiger partial charge in [-0.2, -0.15) is 0 Å². The largest absolute Gasteiger partial charge is 0.356 e. The first-order chi connectivity index (χ1) is 10.2. The maximum absolute atomic E-state index is 4.70. The van der Waals surface area contributed by atoms with Crippen molar-refractivity contribution in [3.8, 4) is 0 Å². The fraction of sp³-hybridized carbons (Fsp3) is 0.722. The van der Waals surface area contributed by atoms with E-state index >= 15 is 0 Å². The number of aromatic nitrogens is 1. The van der Waals surface area contributed by atoms with Gasteiger partial charge in [-0.15, -0.1) is 0 Å². The molecule has 3 rings (SSSR count). The van der Waals surface area contributed by atoms with Gasteiger partial charge in [-0.3, -0.25) is 0 Å². The molecule has 2 atom stereocenters. The van der Waals surface area contributed by atoms with Crippen LogP contribution in [0.1, 0.15) is 51.5 Å². The van der Waals surface area contributed by atoms with E-state index in [1.54, 1.807) is 0 Å². The monoisotopic (exact) mass is 287 g/mol. The number of hydrogen-bond acceptors (Lipinski definition) is 3. The Morgan fingerprint density at radius 2 is 2.00 bits per heavy atom. The molecule has 1 aliphatic carbocycles. The molecule has 1 aromatic rings. The SMILES string of the molecule is CC(C)NCc1ccc(N2CCC3CCCCC3C2)nc1. The summed E-state index contributed by atoms with van der Waals surface area (Å²) in [6.07, 6.45) is 9.18. The quantitative estimate of drug-likeness (QED) is 0.917. The van der Waals surface area contributed by atoms with E-state index in [0.29, 0.717) is 6.04 Å². The molecular weight excluding hydrogens is 258 g/mol. The lowest BCUT2D eigenvalue weighted by Gasteiger charge is -2.41. The van der Waals surface area contributed by atoms with Gasteiger partial charge >= 0.3 is 0 Å². The third kappa shape index (κ3) is 3.76. The highest BCUT2D eigenvalue weighted by Crippen LogP contribution is 2.37. The van der Waals surface area contributed by atoms with Crippen LogP contribution < -0.4 is 10.2 Å². The molecular formula is C18H29N3. The number of nitrogens with zero attached hydrogens (tertiary/aromatic N) is 2. The molecule has 1 aromatic heterocycles. The van der Waals surface area contributed by atoms with E-state index in [4.69, 9.17) is 4.98 Å². The number of rotatable bonds is 4. The Balaban J connectivity index is 1.59. The van der Waals surface area contributed by atoms with Gasteiger partial charge in [0, 0.05) is 31.9 Å². The first-order valence-corrected chi connectivity index (χ1v) is 8.65. The fourth-order valence-electron chi connectivity index (χ4n) is 3.84. The summed E-state index contributed by atoms with van der Waals surface area (Å²) in [5.74, 6) is 3.08. The van der Waals surface area contributed by atoms with Gasteiger partial charge in [-0.1, -0.05) is 39.2 Å². The van der Waals surface area contributed by atoms with Crippen LogP contribution in [-0.4, -0.2) is 24.1 Å². The highest BCUT2D eigenvalue weighted by atomic mass is 15.2. The van der Waals surface area contributed by atoms with Crippen LogP contribution in [0.5, 0.6) is 0 Å². The molecule has 0 radical (unpaired) electrons. The molecule has 0 amide bonds. The summed E-state index contributed by atoms with van der Waals surface area (Å²) in [7, 11) is 0. The van der Waals surface area contributed by atoms with Crippen LogP contribution in [0, 0.1) is 11.8 Å². The first-order valence-electron chi connectivity index (χ1n) is 8.65. The number of fused-ring (bicyclic) bond motifs is 1. The maximum Gasteiger partial charge on any atom is 0.128 e. The molecule has 3 nitrogen and oxygen atoms in total. The summed E-state index contributed by atoms with van der Waals surface area (Å²) >= 11 is 0. The van der Waals surface area contributed by atoms with Crippen LogP contribution in [0.4, 0.5) is 5.82 Å². The number of nitrogens with one attached hydrogen (secondary N) is 1. The number of hydrogen-bond donors (Lipinski definition) is 1. The first kappa shape index (κ1) is 14.8. The van der Waals surface area contributed by atoms with Gasteiger partial charge in [-0.25, -0.2) is 4.98 Å². The lowest BCUT2D eigenvalue weighted by molar-refractivity contribution is 0.202. The minimum atomic E-state index is 0.523. The van der Waals surface area contributed by atoms with Crippen molar-refractivity contribution in [1.29, 1.82) is 0 Å². The van der Waals surface area contributed by atoms with Crippen LogP contribution in [0.25, 0.3) is 0 Å². The van der Waals surface area contributed by atoms with Crippen LogP contribution in [0.3, 0.4) is 0 Å². The molecule has 1 N–H and O–H groups in total. The number of piperidine rings is 1. The number of pyridine rings is 1. The molecule has 116 valence electrons. The Bertz CT molecular complexity index is 440. The van der Waals surface area contributed by atoms with Crippen molar-refractivity contribution < 1.29 is 0 Å². The molecule has 2 fully saturated rings. The van der Waals surface area contributed by atoms with Crippen molar-refractivity contribution in [2.45, 2.75) is 58.5 Å². The molecule has 1 saturated carbocycles. The van der Waals surface area contributed by atoms with Crippen LogP contribution in [0.15, 0.2) is 18.3 Å². The molecule has 2 aliphatic rings. The van der Waals surface area contributed by atoms with E-state index in [2.05, 4.69) is 36.2 Å². The predicted molar refractivity (Wildman–Crippen MR) is 88.5 cm³/mol. The highest BCUT2D eigenvalue weighted by Gasteiger charge is 2.31. The Morgan fingerprint density at radius 1 is 1.19 bits per heavy atom. The Morgan fingerprint density at radius 3 is 2.71 bits per heavy atom. The summed E-state index contributed by atoms with van der Waals surface area (Å²) in [6, 6.07) is 4.96. The van der Waals surface area contributed by atoms with Crippen molar-refractivity contribution in [2.75, 3.05) is 18.0 Å². The zero-order valence-electron chi connectivity index (χ0n) is 13.5. The Kier molecular flexibility index (Phi) is 4.79. The topological polar surface area (TPSA) is 28.2 Å². The summed E-state index contributed by atoms with van der Waals surface area (Å²) in [4.78, 5) is 7.21. The fourth-order valence-corrected chi connectivity index (χ4v) is 3.84. The van der Waals surface area contributed by atoms with Gasteiger partial charge in [0.2, 0.25) is 0 Å². The van der Waals surface area contributed by atoms with E-state index in [1.165, 1.54) is 56.6 Å². The second-order valence-electron chi connectivity index (χ2n) is 7.10. The Hall–Kier alpha value is -1.09. The van der Waals surface area contributed by atoms with E-state index in [1.807, 2.05) is 6.20 Å². The van der Waals surface area contributed by atoms with Gasteiger partial charge < -0.3 is 10.2 Å². The smallest absolute Gasteiger partial charge is 0.128 e. The van der Waals surface area contributed by atoms with Gasteiger partial charge in [0.15, 0.2) is 0 Å². The molecule has 0 bridgehead atoms. The van der Waals surface area contributed by atoms with E-state index in [-0.39, 0.29) is 0 Å². The Labute approximate surface area is 129 Å². The van der Waals surface area contributed by atoms with Crippen LogP contribution >= 0.6 is 0 Å². The molecule has 21 heavy (non-hydrogen) atoms. The van der Waals surface area contributed by atoms with Crippen LogP contribution in [0.2, 0.25) is 0 Å². The van der Waals surface area contributed by atoms with Crippen molar-refractivity contribution in [1.82, 2.24) is 10.3 Å². The molecule has 1 aliphatic heterocycles. The summed E-state index contributed by atoms with van der Waals surface area (Å²) in [5.41, 5.74) is 1.28. The second-order valence-corrected chi connectivity index (χ2v) is 7.10. The molecule has 2 heterocycles. The highest BCUT2D eigenvalue weighted by molar-refractivity contribution is 5.40. The van der Waals surface area contributed by atoms with E-state index in [9.17, 15) is 0 Å². The van der Waals surface area contributed by atoms with Crippen molar-refractivity contribution in [2.24, 2.45) is 11.8 Å². The maximum atomic E-state index is 4.70. The van der Waals surface area contributed by atoms with Crippen molar-refractivity contribution >= 4 is 5.82 Å². The van der Waals surface area contributed by atoms with Gasteiger partial charge in [0.05, 0.1) is 0 Å². The van der Waals surface area contributed by atoms with E-state index < -0.39 is 0 Å². The summed E-state index contributed by atoms with van der Waals surface area (Å²) < 4.78 is 0. The third-order valence-corrected chi connectivity index (χ3v) is 5.14. The molecule has 0 spiro atoms. The molecule has 1 saturated heterocycles. The summed E-state index contributed by atoms with van der Waals surface area (Å²) in [6.45, 7) is 7.68. The molecule has 2 unspecified atom stereocenters. The lowest BCUT2D eigenvalue weighted by Crippen LogP contribution is -2.42. The third-order valence-electron chi connectivity index (χ3n) is 5.14. The second kappa shape index (κ2) is 6.78. The summed E-state index contributed by atoms with van der Waals surface area (Å²) in [5, 5.41) is 3.44. The van der Waals surface area contributed by atoms with Gasteiger partial charge in [-0.05, 0) is 36.3 Å². The van der Waals surface area contributed by atoms with Gasteiger partial charge in [0.1, 0.15) is 5.82 Å². The zero-order valence-corrected chi connectivity index (χ0v) is 13.5. The predicted octanol–water partition coefficient (Wildman–Crippen LogP) is 3.60. The van der Waals surface area contributed by atoms with Crippen LogP contribution in [-0.2, 0) is 6.54 Å². The minimum Gasteiger partial charge on any atom is -0.356 e. The lowest BCUT2D eigenvalue weighted by atomic mass is 9.75. The molecule has 3 heteroatoms. The average Bonchev–Trinajstić information content (AvgIpc) is 2.53.